The van der Waals surface area contributed by atoms with Crippen molar-refractivity contribution in [2.75, 3.05) is 0 Å². The Morgan fingerprint density at radius 3 is 2.55 bits per heavy atom. The molecule has 1 aliphatic rings. The predicted molar refractivity (Wildman–Crippen MR) is 80.1 cm³/mol. The first-order valence-electron chi connectivity index (χ1n) is 6.83. The van der Waals surface area contributed by atoms with E-state index in [2.05, 4.69) is 42.1 Å². The van der Waals surface area contributed by atoms with Crippen LogP contribution in [0.25, 0.3) is 5.57 Å². The molecule has 1 unspecified atom stereocenters. The number of phenolic OH excluding ortho intramolecular Hbond substituents is 1. The average Bonchev–Trinajstić information content (AvgIpc) is 2.49. The molecule has 2 aromatic rings. The Balaban J connectivity index is 1.88. The van der Waals surface area contributed by atoms with Gasteiger partial charge in [0, 0.05) is 25.5 Å². The fourth-order valence-corrected chi connectivity index (χ4v) is 2.55. The molecule has 0 spiro atoms. The molecular formula is C18H18NO+. The van der Waals surface area contributed by atoms with Crippen LogP contribution in [0.5, 0.6) is 5.75 Å². The normalized spacial score (nSPS) is 21.6. The summed E-state index contributed by atoms with van der Waals surface area (Å²) in [4.78, 5) is 0. The number of rotatable bonds is 2. The van der Waals surface area contributed by atoms with Gasteiger partial charge in [0.25, 0.3) is 0 Å². The number of nitrogens with zero attached hydrogens (tertiary/aromatic N) is 1. The van der Waals surface area contributed by atoms with E-state index in [1.54, 1.807) is 12.1 Å². The summed E-state index contributed by atoms with van der Waals surface area (Å²) in [5.41, 5.74) is 2.19. The van der Waals surface area contributed by atoms with E-state index in [0.717, 1.165) is 17.6 Å². The Morgan fingerprint density at radius 2 is 1.90 bits per heavy atom. The molecule has 0 fully saturated rings. The molecule has 1 atom stereocenters. The molecule has 1 aliphatic carbocycles. The minimum Gasteiger partial charge on any atom is -0.508 e. The van der Waals surface area contributed by atoms with Crippen LogP contribution in [0.2, 0.25) is 0 Å². The largest absolute Gasteiger partial charge is 0.508 e. The van der Waals surface area contributed by atoms with Crippen LogP contribution in [-0.2, 0) is 5.54 Å². The van der Waals surface area contributed by atoms with Gasteiger partial charge in [-0.15, -0.1) is 0 Å². The summed E-state index contributed by atoms with van der Waals surface area (Å²) in [6.45, 7) is 2.22. The van der Waals surface area contributed by atoms with Crippen molar-refractivity contribution < 1.29 is 9.67 Å². The first kappa shape index (κ1) is 12.7. The first-order valence-corrected chi connectivity index (χ1v) is 6.83. The minimum absolute atomic E-state index is 0.0262. The van der Waals surface area contributed by atoms with E-state index in [1.807, 2.05) is 30.3 Å². The number of aromatic nitrogens is 1. The number of benzene rings is 1. The van der Waals surface area contributed by atoms with Crippen LogP contribution >= 0.6 is 0 Å². The van der Waals surface area contributed by atoms with E-state index < -0.39 is 0 Å². The summed E-state index contributed by atoms with van der Waals surface area (Å²) in [5.74, 6) is 0.308. The van der Waals surface area contributed by atoms with Gasteiger partial charge in [-0.05, 0) is 29.3 Å². The zero-order chi connectivity index (χ0) is 14.0. The highest BCUT2D eigenvalue weighted by molar-refractivity contribution is 5.75. The van der Waals surface area contributed by atoms with Gasteiger partial charge in [-0.2, -0.15) is 4.57 Å². The van der Waals surface area contributed by atoms with Gasteiger partial charge >= 0.3 is 0 Å². The fraction of sp³-hybridized carbons (Fsp3) is 0.167. The van der Waals surface area contributed by atoms with E-state index in [4.69, 9.17) is 0 Å². The average molecular weight is 264 g/mol. The maximum Gasteiger partial charge on any atom is 0.187 e. The van der Waals surface area contributed by atoms with Crippen molar-refractivity contribution in [1.82, 2.24) is 0 Å². The maximum atomic E-state index is 9.57. The van der Waals surface area contributed by atoms with E-state index >= 15 is 0 Å². The van der Waals surface area contributed by atoms with Crippen LogP contribution in [0.3, 0.4) is 0 Å². The third kappa shape index (κ3) is 2.37. The van der Waals surface area contributed by atoms with Gasteiger partial charge in [-0.1, -0.05) is 30.4 Å². The Bertz CT molecular complexity index is 673. The second kappa shape index (κ2) is 4.97. The quantitative estimate of drug-likeness (QED) is 0.825. The van der Waals surface area contributed by atoms with E-state index in [9.17, 15) is 5.11 Å². The molecule has 0 bridgehead atoms. The van der Waals surface area contributed by atoms with Crippen molar-refractivity contribution in [3.63, 3.8) is 0 Å². The molecule has 3 rings (SSSR count). The smallest absolute Gasteiger partial charge is 0.187 e. The van der Waals surface area contributed by atoms with Gasteiger partial charge in [-0.25, -0.2) is 0 Å². The summed E-state index contributed by atoms with van der Waals surface area (Å²) in [5, 5.41) is 9.57. The highest BCUT2D eigenvalue weighted by Gasteiger charge is 2.31. The van der Waals surface area contributed by atoms with Gasteiger partial charge < -0.3 is 5.11 Å². The summed E-state index contributed by atoms with van der Waals surface area (Å²) in [7, 11) is 0. The minimum atomic E-state index is -0.0262. The first-order chi connectivity index (χ1) is 9.67. The SMILES string of the molecule is CC1([n+]2ccccc2)C=CC(c2cccc(O)c2)=CC1. The zero-order valence-corrected chi connectivity index (χ0v) is 11.5. The van der Waals surface area contributed by atoms with Crippen LogP contribution in [0.15, 0.2) is 73.1 Å². The lowest BCUT2D eigenvalue weighted by atomic mass is 9.88. The van der Waals surface area contributed by atoms with E-state index in [1.165, 1.54) is 0 Å². The molecule has 0 radical (unpaired) electrons. The van der Waals surface area contributed by atoms with Gasteiger partial charge in [-0.3, -0.25) is 0 Å². The maximum absolute atomic E-state index is 9.57. The number of hydrogen-bond donors (Lipinski definition) is 1. The fourth-order valence-electron chi connectivity index (χ4n) is 2.55. The molecule has 1 aromatic heterocycles. The standard InChI is InChI=1S/C18H17NO/c1-18(19-12-3-2-4-13-19)10-8-15(9-11-18)16-6-5-7-17(20)14-16/h2-10,12-14H,11H2,1H3/p+1. The van der Waals surface area contributed by atoms with Crippen LogP contribution in [0.4, 0.5) is 0 Å². The van der Waals surface area contributed by atoms with Gasteiger partial charge in [0.2, 0.25) is 0 Å². The summed E-state index contributed by atoms with van der Waals surface area (Å²) in [6.07, 6.45) is 11.7. The second-order valence-corrected chi connectivity index (χ2v) is 5.39. The van der Waals surface area contributed by atoms with E-state index in [-0.39, 0.29) is 5.54 Å². The van der Waals surface area contributed by atoms with Gasteiger partial charge in [0.15, 0.2) is 17.9 Å². The monoisotopic (exact) mass is 264 g/mol. The molecule has 2 nitrogen and oxygen atoms in total. The molecule has 1 aromatic carbocycles. The molecule has 1 heterocycles. The van der Waals surface area contributed by atoms with Crippen molar-refractivity contribution in [3.05, 3.63) is 78.6 Å². The molecule has 0 saturated carbocycles. The molecular weight excluding hydrogens is 246 g/mol. The zero-order valence-electron chi connectivity index (χ0n) is 11.5. The highest BCUT2D eigenvalue weighted by Crippen LogP contribution is 2.29. The van der Waals surface area contributed by atoms with E-state index in [0.29, 0.717) is 5.75 Å². The van der Waals surface area contributed by atoms with Crippen molar-refractivity contribution in [3.8, 4) is 5.75 Å². The molecule has 2 heteroatoms. The third-order valence-corrected chi connectivity index (χ3v) is 3.84. The van der Waals surface area contributed by atoms with Crippen molar-refractivity contribution >= 4 is 5.57 Å². The molecule has 100 valence electrons. The number of pyridine rings is 1. The number of hydrogen-bond acceptors (Lipinski definition) is 1. The molecule has 20 heavy (non-hydrogen) atoms. The number of aromatic hydroxyl groups is 1. The number of allylic oxidation sites excluding steroid dienone is 4. The lowest BCUT2D eigenvalue weighted by Gasteiger charge is -2.23. The molecule has 0 aliphatic heterocycles. The van der Waals surface area contributed by atoms with Crippen LogP contribution < -0.4 is 4.57 Å². The van der Waals surface area contributed by atoms with Crippen molar-refractivity contribution in [2.45, 2.75) is 18.9 Å². The Hall–Kier alpha value is -2.35. The lowest BCUT2D eigenvalue weighted by Crippen LogP contribution is -2.52. The summed E-state index contributed by atoms with van der Waals surface area (Å²) >= 11 is 0. The summed E-state index contributed by atoms with van der Waals surface area (Å²) in [6, 6.07) is 13.5. The predicted octanol–water partition coefficient (Wildman–Crippen LogP) is 3.44. The molecule has 1 N–H and O–H groups in total. The van der Waals surface area contributed by atoms with Gasteiger partial charge in [0.05, 0.1) is 0 Å². The third-order valence-electron chi connectivity index (χ3n) is 3.84. The number of phenols is 1. The molecule has 0 amide bonds. The Labute approximate surface area is 119 Å². The lowest BCUT2D eigenvalue weighted by molar-refractivity contribution is -0.748. The molecule has 0 saturated heterocycles. The second-order valence-electron chi connectivity index (χ2n) is 5.39. The summed E-state index contributed by atoms with van der Waals surface area (Å²) < 4.78 is 2.22. The Morgan fingerprint density at radius 1 is 1.10 bits per heavy atom. The van der Waals surface area contributed by atoms with Crippen LogP contribution in [0.1, 0.15) is 18.9 Å². The van der Waals surface area contributed by atoms with Crippen molar-refractivity contribution in [1.29, 1.82) is 0 Å². The Kier molecular flexibility index (Phi) is 3.15. The van der Waals surface area contributed by atoms with Crippen LogP contribution in [0, 0.1) is 0 Å². The highest BCUT2D eigenvalue weighted by atomic mass is 16.3. The van der Waals surface area contributed by atoms with Gasteiger partial charge in [0.1, 0.15) is 5.75 Å². The van der Waals surface area contributed by atoms with Crippen molar-refractivity contribution in [2.24, 2.45) is 0 Å². The van der Waals surface area contributed by atoms with Crippen LogP contribution in [-0.4, -0.2) is 5.11 Å². The topological polar surface area (TPSA) is 24.1 Å².